The lowest BCUT2D eigenvalue weighted by Crippen LogP contribution is -2.36. The molecular weight excluding hydrogens is 344 g/mol. The van der Waals surface area contributed by atoms with E-state index in [2.05, 4.69) is 16.0 Å². The van der Waals surface area contributed by atoms with E-state index in [1.165, 1.54) is 0 Å². The van der Waals surface area contributed by atoms with Crippen LogP contribution in [0.5, 0.6) is 0 Å². The number of thioether (sulfide) groups is 1. The zero-order chi connectivity index (χ0) is 17.9. The summed E-state index contributed by atoms with van der Waals surface area (Å²) in [6, 6.07) is 0.469. The highest BCUT2D eigenvalue weighted by atomic mass is 32.2. The third-order valence-corrected chi connectivity index (χ3v) is 5.79. The van der Waals surface area contributed by atoms with Crippen LogP contribution < -0.4 is 21.7 Å². The first kappa shape index (κ1) is 20.3. The zero-order valence-corrected chi connectivity index (χ0v) is 15.4. The Kier molecular flexibility index (Phi) is 9.38. The molecule has 2 fully saturated rings. The van der Waals surface area contributed by atoms with Crippen LogP contribution in [0.1, 0.15) is 25.7 Å². The van der Waals surface area contributed by atoms with Gasteiger partial charge in [0.1, 0.15) is 0 Å². The molecule has 25 heavy (non-hydrogen) atoms. The van der Waals surface area contributed by atoms with Gasteiger partial charge in [0, 0.05) is 30.5 Å². The number of fused-ring (bicyclic) bond motifs is 1. The van der Waals surface area contributed by atoms with Gasteiger partial charge in [0.05, 0.1) is 38.5 Å². The lowest BCUT2D eigenvalue weighted by atomic mass is 10.0. The molecule has 3 amide bonds. The predicted octanol–water partition coefficient (Wildman–Crippen LogP) is -0.180. The Bertz CT molecular complexity index is 427. The summed E-state index contributed by atoms with van der Waals surface area (Å²) in [4.78, 5) is 23.1. The van der Waals surface area contributed by atoms with Crippen molar-refractivity contribution in [2.75, 3.05) is 45.3 Å². The quantitative estimate of drug-likeness (QED) is 0.263. The molecule has 9 heteroatoms. The van der Waals surface area contributed by atoms with Crippen LogP contribution >= 0.6 is 11.8 Å². The highest BCUT2D eigenvalue weighted by molar-refractivity contribution is 8.00. The van der Waals surface area contributed by atoms with Crippen LogP contribution in [0.2, 0.25) is 0 Å². The first-order chi connectivity index (χ1) is 12.2. The molecule has 0 aromatic carbocycles. The van der Waals surface area contributed by atoms with E-state index >= 15 is 0 Å². The van der Waals surface area contributed by atoms with Crippen LogP contribution in [-0.2, 0) is 14.3 Å². The van der Waals surface area contributed by atoms with E-state index in [-0.39, 0.29) is 24.0 Å². The fourth-order valence-electron chi connectivity index (χ4n) is 3.03. The molecule has 2 heterocycles. The Labute approximate surface area is 153 Å². The Morgan fingerprint density at radius 2 is 2.00 bits per heavy atom. The van der Waals surface area contributed by atoms with E-state index in [1.54, 1.807) is 0 Å². The Morgan fingerprint density at radius 1 is 1.20 bits per heavy atom. The van der Waals surface area contributed by atoms with E-state index in [4.69, 9.17) is 15.2 Å². The van der Waals surface area contributed by atoms with Gasteiger partial charge in [-0.3, -0.25) is 4.79 Å². The summed E-state index contributed by atoms with van der Waals surface area (Å²) in [5.74, 6) is 1.04. The van der Waals surface area contributed by atoms with Crippen LogP contribution in [0, 0.1) is 0 Å². The second-order valence-corrected chi connectivity index (χ2v) is 7.50. The van der Waals surface area contributed by atoms with E-state index in [1.807, 2.05) is 11.8 Å². The average molecular weight is 375 g/mol. The molecule has 2 aliphatic heterocycles. The summed E-state index contributed by atoms with van der Waals surface area (Å²) in [5, 5.41) is 9.25. The number of ether oxygens (including phenoxy) is 2. The molecule has 144 valence electrons. The van der Waals surface area contributed by atoms with Gasteiger partial charge in [-0.05, 0) is 12.8 Å². The standard InChI is InChI=1S/C16H30N4O4S/c17-5-7-23-9-10-24-8-6-18-14(21)4-2-1-3-13-15-12(11-25-13)19-16(22)20-15/h12-13,15H,1-11,17H2,(H,18,21)(H2,19,20,22)/t12-,13-,15?/m0/s1. The number of carbonyl (C=O) groups excluding carboxylic acids is 2. The van der Waals surface area contributed by atoms with Crippen LogP contribution in [0.4, 0.5) is 4.79 Å². The van der Waals surface area contributed by atoms with Gasteiger partial charge in [0.2, 0.25) is 5.91 Å². The highest BCUT2D eigenvalue weighted by Gasteiger charge is 2.42. The minimum atomic E-state index is -0.0483. The number of nitrogens with two attached hydrogens (primary N) is 1. The molecule has 2 rings (SSSR count). The number of hydrogen-bond acceptors (Lipinski definition) is 6. The van der Waals surface area contributed by atoms with Crippen molar-refractivity contribution in [1.82, 2.24) is 16.0 Å². The lowest BCUT2D eigenvalue weighted by molar-refractivity contribution is -0.121. The van der Waals surface area contributed by atoms with E-state index in [0.29, 0.717) is 51.2 Å². The minimum absolute atomic E-state index is 0.0483. The first-order valence-electron chi connectivity index (χ1n) is 9.01. The Hall–Kier alpha value is -1.03. The van der Waals surface area contributed by atoms with Crippen molar-refractivity contribution < 1.29 is 19.1 Å². The molecule has 0 aliphatic carbocycles. The summed E-state index contributed by atoms with van der Waals surface area (Å²) in [6.45, 7) is 3.12. The van der Waals surface area contributed by atoms with Crippen LogP contribution in [-0.4, -0.2) is 74.5 Å². The van der Waals surface area contributed by atoms with Gasteiger partial charge in [-0.1, -0.05) is 6.42 Å². The smallest absolute Gasteiger partial charge is 0.315 e. The second-order valence-electron chi connectivity index (χ2n) is 6.23. The topological polar surface area (TPSA) is 115 Å². The largest absolute Gasteiger partial charge is 0.378 e. The number of nitrogens with one attached hydrogen (secondary N) is 3. The van der Waals surface area contributed by atoms with Crippen molar-refractivity contribution >= 4 is 23.7 Å². The van der Waals surface area contributed by atoms with Crippen molar-refractivity contribution in [2.45, 2.75) is 43.0 Å². The monoisotopic (exact) mass is 374 g/mol. The number of rotatable bonds is 13. The molecule has 3 atom stereocenters. The SMILES string of the molecule is NCCOCCOCCNC(=O)CCCC[C@@H]1SC[C@@H]2NC(=O)NC21. The maximum Gasteiger partial charge on any atom is 0.315 e. The van der Waals surface area contributed by atoms with Gasteiger partial charge in [-0.25, -0.2) is 4.79 Å². The normalized spacial score (nSPS) is 24.7. The third kappa shape index (κ3) is 7.39. The van der Waals surface area contributed by atoms with Gasteiger partial charge in [0.25, 0.3) is 0 Å². The molecule has 0 aromatic heterocycles. The predicted molar refractivity (Wildman–Crippen MR) is 97.7 cm³/mol. The number of amides is 3. The molecule has 0 saturated carbocycles. The minimum Gasteiger partial charge on any atom is -0.378 e. The van der Waals surface area contributed by atoms with E-state index < -0.39 is 0 Å². The van der Waals surface area contributed by atoms with Gasteiger partial charge in [0.15, 0.2) is 0 Å². The first-order valence-corrected chi connectivity index (χ1v) is 10.1. The highest BCUT2D eigenvalue weighted by Crippen LogP contribution is 2.33. The number of carbonyl (C=O) groups is 2. The Balaban J connectivity index is 1.41. The second kappa shape index (κ2) is 11.6. The molecule has 0 radical (unpaired) electrons. The fraction of sp³-hybridized carbons (Fsp3) is 0.875. The fourth-order valence-corrected chi connectivity index (χ4v) is 4.57. The third-order valence-electron chi connectivity index (χ3n) is 4.28. The molecule has 8 nitrogen and oxygen atoms in total. The summed E-state index contributed by atoms with van der Waals surface area (Å²) < 4.78 is 10.5. The van der Waals surface area contributed by atoms with Gasteiger partial charge in [-0.15, -0.1) is 0 Å². The van der Waals surface area contributed by atoms with Crippen LogP contribution in [0.25, 0.3) is 0 Å². The summed E-state index contributed by atoms with van der Waals surface area (Å²) in [7, 11) is 0. The molecule has 1 unspecified atom stereocenters. The van der Waals surface area contributed by atoms with Crippen molar-refractivity contribution in [3.8, 4) is 0 Å². The molecule has 2 saturated heterocycles. The summed E-state index contributed by atoms with van der Waals surface area (Å²) >= 11 is 1.91. The van der Waals surface area contributed by atoms with Crippen molar-refractivity contribution in [1.29, 1.82) is 0 Å². The molecule has 0 aromatic rings. The van der Waals surface area contributed by atoms with Gasteiger partial charge >= 0.3 is 6.03 Å². The van der Waals surface area contributed by atoms with Crippen LogP contribution in [0.3, 0.4) is 0 Å². The molecule has 2 aliphatic rings. The summed E-state index contributed by atoms with van der Waals surface area (Å²) in [5.41, 5.74) is 5.30. The maximum absolute atomic E-state index is 11.8. The van der Waals surface area contributed by atoms with E-state index in [9.17, 15) is 9.59 Å². The number of urea groups is 1. The van der Waals surface area contributed by atoms with Crippen LogP contribution in [0.15, 0.2) is 0 Å². The van der Waals surface area contributed by atoms with E-state index in [0.717, 1.165) is 25.0 Å². The van der Waals surface area contributed by atoms with Crippen molar-refractivity contribution in [3.63, 3.8) is 0 Å². The molecular formula is C16H30N4O4S. The zero-order valence-electron chi connectivity index (χ0n) is 14.6. The average Bonchev–Trinajstić information content (AvgIpc) is 3.13. The molecule has 0 spiro atoms. The molecule has 0 bridgehead atoms. The summed E-state index contributed by atoms with van der Waals surface area (Å²) in [6.07, 6.45) is 3.44. The number of unbranched alkanes of at least 4 members (excludes halogenated alkanes) is 1. The molecule has 5 N–H and O–H groups in total. The number of hydrogen-bond donors (Lipinski definition) is 4. The lowest BCUT2D eigenvalue weighted by Gasteiger charge is -2.16. The van der Waals surface area contributed by atoms with Gasteiger partial charge < -0.3 is 31.2 Å². The van der Waals surface area contributed by atoms with Gasteiger partial charge in [-0.2, -0.15) is 11.8 Å². The van der Waals surface area contributed by atoms with Crippen molar-refractivity contribution in [2.24, 2.45) is 5.73 Å². The maximum atomic E-state index is 11.8. The van der Waals surface area contributed by atoms with Crippen molar-refractivity contribution in [3.05, 3.63) is 0 Å². The Morgan fingerprint density at radius 3 is 2.80 bits per heavy atom.